The summed E-state index contributed by atoms with van der Waals surface area (Å²) in [6, 6.07) is 87.9. The van der Waals surface area contributed by atoms with Crippen molar-refractivity contribution in [3.8, 4) is 73.0 Å². The smallest absolute Gasteiger partial charge is 0.137 e. The number of hydrogen-bond acceptors (Lipinski definition) is 4. The second-order valence-corrected chi connectivity index (χ2v) is 23.4. The van der Waals surface area contributed by atoms with E-state index in [1.54, 1.807) is 0 Å². The minimum Gasteiger partial charge on any atom is -0.457 e. The normalized spacial score (nSPS) is 12.6. The number of rotatable bonds is 10. The Morgan fingerprint density at radius 3 is 1.61 bits per heavy atom. The van der Waals surface area contributed by atoms with Crippen molar-refractivity contribution in [1.82, 2.24) is 9.55 Å². The van der Waals surface area contributed by atoms with Crippen LogP contribution in [0.25, 0.3) is 83.3 Å². The zero-order chi connectivity index (χ0) is 54.7. The van der Waals surface area contributed by atoms with Crippen LogP contribution in [-0.4, -0.2) is 16.2 Å². The summed E-state index contributed by atoms with van der Waals surface area (Å²) >= 11 is 0. The van der Waals surface area contributed by atoms with Crippen LogP contribution in [0.4, 0.5) is 22.7 Å². The molecule has 1 aliphatic rings. The number of aryl methyl sites for hydroxylation is 1. The first-order chi connectivity index (χ1) is 38.8. The van der Waals surface area contributed by atoms with E-state index >= 15 is 0 Å². The maximum Gasteiger partial charge on any atom is 0.137 e. The lowest BCUT2D eigenvalue weighted by atomic mass is 9.85. The van der Waals surface area contributed by atoms with Crippen LogP contribution < -0.4 is 14.5 Å². The first-order valence-corrected chi connectivity index (χ1v) is 27.9. The van der Waals surface area contributed by atoms with Crippen molar-refractivity contribution in [3.63, 3.8) is 0 Å². The second kappa shape index (κ2) is 20.1. The maximum absolute atomic E-state index is 6.97. The Kier molecular flexibility index (Phi) is 12.6. The minimum atomic E-state index is 0.0394. The lowest BCUT2D eigenvalue weighted by Crippen LogP contribution is -2.25. The van der Waals surface area contributed by atoms with Crippen molar-refractivity contribution in [2.24, 2.45) is 0 Å². The minimum absolute atomic E-state index is 0.0394. The van der Waals surface area contributed by atoms with Gasteiger partial charge in [0.05, 0.1) is 28.1 Å². The average molecular weight is 1040 g/mol. The molecule has 0 bridgehead atoms. The lowest BCUT2D eigenvalue weighted by Gasteiger charge is -2.28. The number of ether oxygens (including phenoxy) is 1. The summed E-state index contributed by atoms with van der Waals surface area (Å²) in [6.45, 7) is 16.4. The standard InChI is InChI=1S/C75H64N4O/c1-50-43-72(76-48-67(50)53-21-12-9-13-22-53)79-68-42-35-56(52-31-36-58(37-32-52)74(2,3)4)45-66(68)65-41-40-62(47-71(65)79)80-61-26-17-25-60(46-61)77-49-78(70-30-15-14-29-69(70)77)73-63(54-33-38-59(39-34-54)75(5,6)7)27-18-28-64(73)57-24-16-23-55(44-57)51-19-10-8-11-20-51/h8-48H,49H2,1-7H3. The molecule has 2 aromatic heterocycles. The molecule has 3 heterocycles. The van der Waals surface area contributed by atoms with E-state index in [0.717, 1.165) is 78.6 Å². The van der Waals surface area contributed by atoms with Gasteiger partial charge in [-0.3, -0.25) is 4.57 Å². The molecule has 0 amide bonds. The molecule has 0 aliphatic carbocycles. The zero-order valence-corrected chi connectivity index (χ0v) is 46.6. The molecule has 0 N–H and O–H groups in total. The summed E-state index contributed by atoms with van der Waals surface area (Å²) in [7, 11) is 0. The molecule has 1 aliphatic heterocycles. The molecule has 80 heavy (non-hydrogen) atoms. The topological polar surface area (TPSA) is 33.5 Å². The number of anilines is 4. The molecule has 0 saturated carbocycles. The van der Waals surface area contributed by atoms with E-state index in [1.807, 2.05) is 6.20 Å². The van der Waals surface area contributed by atoms with Crippen LogP contribution >= 0.6 is 0 Å². The number of pyridine rings is 1. The maximum atomic E-state index is 6.97. The van der Waals surface area contributed by atoms with Gasteiger partial charge in [-0.25, -0.2) is 4.98 Å². The van der Waals surface area contributed by atoms with E-state index in [1.165, 1.54) is 55.6 Å². The van der Waals surface area contributed by atoms with Crippen molar-refractivity contribution in [2.75, 3.05) is 16.5 Å². The molecule has 0 unspecified atom stereocenters. The molecule has 5 heteroatoms. The van der Waals surface area contributed by atoms with Crippen LogP contribution in [0.15, 0.2) is 249 Å². The van der Waals surface area contributed by atoms with Gasteiger partial charge < -0.3 is 14.5 Å². The number of aromatic nitrogens is 2. The molecule has 0 radical (unpaired) electrons. The van der Waals surface area contributed by atoms with Crippen LogP contribution in [-0.2, 0) is 10.8 Å². The van der Waals surface area contributed by atoms with Gasteiger partial charge in [0, 0.05) is 51.5 Å². The van der Waals surface area contributed by atoms with Crippen molar-refractivity contribution in [3.05, 3.63) is 266 Å². The van der Waals surface area contributed by atoms with Gasteiger partial charge in [0.15, 0.2) is 0 Å². The van der Waals surface area contributed by atoms with Crippen molar-refractivity contribution in [1.29, 1.82) is 0 Å². The summed E-state index contributed by atoms with van der Waals surface area (Å²) in [4.78, 5) is 10.1. The van der Waals surface area contributed by atoms with Crippen LogP contribution in [0.2, 0.25) is 0 Å². The average Bonchev–Trinajstić information content (AvgIpc) is 4.06. The highest BCUT2D eigenvalue weighted by Crippen LogP contribution is 2.51. The summed E-state index contributed by atoms with van der Waals surface area (Å²) in [5.41, 5.74) is 22.2. The monoisotopic (exact) mass is 1040 g/mol. The lowest BCUT2D eigenvalue weighted by molar-refractivity contribution is 0.483. The van der Waals surface area contributed by atoms with Crippen LogP contribution in [0.1, 0.15) is 58.2 Å². The Bertz CT molecular complexity index is 4260. The van der Waals surface area contributed by atoms with Crippen LogP contribution in [0, 0.1) is 6.92 Å². The third-order valence-electron chi connectivity index (χ3n) is 16.0. The third-order valence-corrected chi connectivity index (χ3v) is 16.0. The molecule has 0 atom stereocenters. The number of benzene rings is 10. The van der Waals surface area contributed by atoms with Crippen LogP contribution in [0.3, 0.4) is 0 Å². The van der Waals surface area contributed by atoms with Gasteiger partial charge in [-0.2, -0.15) is 0 Å². The van der Waals surface area contributed by atoms with Gasteiger partial charge in [-0.05, 0) is 134 Å². The zero-order valence-electron chi connectivity index (χ0n) is 46.6. The van der Waals surface area contributed by atoms with Gasteiger partial charge in [-0.15, -0.1) is 0 Å². The highest BCUT2D eigenvalue weighted by Gasteiger charge is 2.32. The highest BCUT2D eigenvalue weighted by atomic mass is 16.5. The van der Waals surface area contributed by atoms with E-state index in [4.69, 9.17) is 9.72 Å². The van der Waals surface area contributed by atoms with E-state index in [0.29, 0.717) is 6.67 Å². The SMILES string of the molecule is Cc1cc(-n2c3ccc(-c4ccc(C(C)(C)C)cc4)cc3c3ccc(Oc4cccc(N5CN(c6c(-c7ccc(C(C)(C)C)cc7)cccc6-c6cccc(-c7ccccc7)c6)c6ccccc65)c4)cc32)ncc1-c1ccccc1. The fourth-order valence-corrected chi connectivity index (χ4v) is 11.7. The predicted molar refractivity (Wildman–Crippen MR) is 336 cm³/mol. The molecular formula is C75H64N4O. The van der Waals surface area contributed by atoms with E-state index < -0.39 is 0 Å². The van der Waals surface area contributed by atoms with Gasteiger partial charge >= 0.3 is 0 Å². The molecule has 390 valence electrons. The third kappa shape index (κ3) is 9.39. The summed E-state index contributed by atoms with van der Waals surface area (Å²) in [6.07, 6.45) is 2.01. The number of hydrogen-bond donors (Lipinski definition) is 0. The Balaban J connectivity index is 0.882. The largest absolute Gasteiger partial charge is 0.457 e. The summed E-state index contributed by atoms with van der Waals surface area (Å²) < 4.78 is 9.26. The van der Waals surface area contributed by atoms with E-state index in [2.05, 4.69) is 305 Å². The number of fused-ring (bicyclic) bond motifs is 4. The predicted octanol–water partition coefficient (Wildman–Crippen LogP) is 20.5. The Morgan fingerprint density at radius 2 is 0.925 bits per heavy atom. The van der Waals surface area contributed by atoms with Crippen molar-refractivity contribution in [2.45, 2.75) is 59.3 Å². The molecular weight excluding hydrogens is 973 g/mol. The first-order valence-electron chi connectivity index (χ1n) is 27.9. The quantitative estimate of drug-likeness (QED) is 0.137. The molecule has 0 fully saturated rings. The fourth-order valence-electron chi connectivity index (χ4n) is 11.7. The van der Waals surface area contributed by atoms with Crippen LogP contribution in [0.5, 0.6) is 11.5 Å². The van der Waals surface area contributed by atoms with Crippen molar-refractivity contribution < 1.29 is 4.74 Å². The van der Waals surface area contributed by atoms with E-state index in [-0.39, 0.29) is 10.8 Å². The van der Waals surface area contributed by atoms with Gasteiger partial charge in [-0.1, -0.05) is 211 Å². The molecule has 0 saturated heterocycles. The summed E-state index contributed by atoms with van der Waals surface area (Å²) in [5, 5.41) is 2.29. The van der Waals surface area contributed by atoms with Gasteiger partial charge in [0.25, 0.3) is 0 Å². The van der Waals surface area contributed by atoms with Gasteiger partial charge in [0.1, 0.15) is 24.0 Å². The molecule has 12 aromatic rings. The number of nitrogens with zero attached hydrogens (tertiary/aromatic N) is 4. The second-order valence-electron chi connectivity index (χ2n) is 23.4. The van der Waals surface area contributed by atoms with Gasteiger partial charge in [0.2, 0.25) is 0 Å². The fraction of sp³-hybridized carbons (Fsp3) is 0.133. The Labute approximate surface area is 470 Å². The molecule has 5 nitrogen and oxygen atoms in total. The Hall–Kier alpha value is -9.45. The summed E-state index contributed by atoms with van der Waals surface area (Å²) in [5.74, 6) is 2.35. The number of para-hydroxylation sites is 3. The molecule has 10 aromatic carbocycles. The van der Waals surface area contributed by atoms with Crippen molar-refractivity contribution >= 4 is 44.6 Å². The first kappa shape index (κ1) is 50.1. The Morgan fingerprint density at radius 1 is 0.388 bits per heavy atom. The highest BCUT2D eigenvalue weighted by molar-refractivity contribution is 6.11. The van der Waals surface area contributed by atoms with E-state index in [9.17, 15) is 0 Å². The molecule has 13 rings (SSSR count). The molecule has 0 spiro atoms.